The lowest BCUT2D eigenvalue weighted by Crippen LogP contribution is -2.11. The summed E-state index contributed by atoms with van der Waals surface area (Å²) in [6, 6.07) is 30.8. The van der Waals surface area contributed by atoms with E-state index in [1.54, 1.807) is 0 Å². The molecule has 25 heavy (non-hydrogen) atoms. The fourth-order valence-electron chi connectivity index (χ4n) is 3.55. The minimum atomic E-state index is 0.185. The van der Waals surface area contributed by atoms with Gasteiger partial charge in [0.05, 0.1) is 6.04 Å². The van der Waals surface area contributed by atoms with Gasteiger partial charge in [-0.3, -0.25) is 0 Å². The number of fused-ring (bicyclic) bond motifs is 1. The molecule has 0 aliphatic heterocycles. The van der Waals surface area contributed by atoms with Crippen LogP contribution in [0.1, 0.15) is 42.5 Å². The first-order valence-corrected chi connectivity index (χ1v) is 8.94. The maximum absolute atomic E-state index is 2.39. The Morgan fingerprint density at radius 3 is 1.80 bits per heavy atom. The smallest absolute Gasteiger partial charge is 0.0839 e. The SMILES string of the molecule is CC(C)c1ccc2c(ccn2C(c2ccccc2)c2ccccc2)c1. The van der Waals surface area contributed by atoms with Crippen LogP contribution in [0.2, 0.25) is 0 Å². The van der Waals surface area contributed by atoms with Gasteiger partial charge in [-0.15, -0.1) is 0 Å². The Hall–Kier alpha value is -2.80. The number of rotatable bonds is 4. The van der Waals surface area contributed by atoms with Gasteiger partial charge in [0, 0.05) is 11.7 Å². The molecule has 3 aromatic carbocycles. The summed E-state index contributed by atoms with van der Waals surface area (Å²) in [5.41, 5.74) is 5.28. The van der Waals surface area contributed by atoms with Gasteiger partial charge in [0.15, 0.2) is 0 Å². The van der Waals surface area contributed by atoms with E-state index in [1.807, 2.05) is 0 Å². The molecule has 1 nitrogen and oxygen atoms in total. The zero-order chi connectivity index (χ0) is 17.2. The Morgan fingerprint density at radius 1 is 0.640 bits per heavy atom. The minimum absolute atomic E-state index is 0.185. The van der Waals surface area contributed by atoms with Crippen LogP contribution in [0.15, 0.2) is 91.1 Å². The average molecular weight is 325 g/mol. The first-order valence-electron chi connectivity index (χ1n) is 8.94. The lowest BCUT2D eigenvalue weighted by molar-refractivity contribution is 0.705. The van der Waals surface area contributed by atoms with Crippen molar-refractivity contribution in [1.82, 2.24) is 4.57 Å². The van der Waals surface area contributed by atoms with Crippen LogP contribution >= 0.6 is 0 Å². The van der Waals surface area contributed by atoms with Crippen molar-refractivity contribution in [2.75, 3.05) is 0 Å². The molecule has 0 N–H and O–H groups in total. The topological polar surface area (TPSA) is 4.93 Å². The van der Waals surface area contributed by atoms with Gasteiger partial charge in [0.25, 0.3) is 0 Å². The van der Waals surface area contributed by atoms with Crippen LogP contribution in [0.4, 0.5) is 0 Å². The van der Waals surface area contributed by atoms with E-state index >= 15 is 0 Å². The van der Waals surface area contributed by atoms with E-state index in [0.717, 1.165) is 0 Å². The summed E-state index contributed by atoms with van der Waals surface area (Å²) in [4.78, 5) is 0. The molecular weight excluding hydrogens is 302 g/mol. The lowest BCUT2D eigenvalue weighted by atomic mass is 9.98. The molecule has 0 amide bonds. The Bertz CT molecular complexity index is 925. The molecule has 0 saturated heterocycles. The van der Waals surface area contributed by atoms with Gasteiger partial charge in [-0.2, -0.15) is 0 Å². The monoisotopic (exact) mass is 325 g/mol. The predicted octanol–water partition coefficient (Wildman–Crippen LogP) is 6.40. The van der Waals surface area contributed by atoms with Crippen LogP contribution in [0, 0.1) is 0 Å². The van der Waals surface area contributed by atoms with Crippen molar-refractivity contribution in [3.8, 4) is 0 Å². The van der Waals surface area contributed by atoms with Crippen LogP contribution < -0.4 is 0 Å². The van der Waals surface area contributed by atoms with Gasteiger partial charge < -0.3 is 4.57 Å². The molecular formula is C24H23N. The highest BCUT2D eigenvalue weighted by Crippen LogP contribution is 2.32. The second-order valence-electron chi connectivity index (χ2n) is 6.92. The molecule has 0 aliphatic carbocycles. The Kier molecular flexibility index (Phi) is 4.15. The van der Waals surface area contributed by atoms with Crippen LogP contribution in [0.5, 0.6) is 0 Å². The van der Waals surface area contributed by atoms with Crippen molar-refractivity contribution in [3.63, 3.8) is 0 Å². The highest BCUT2D eigenvalue weighted by Gasteiger charge is 2.17. The van der Waals surface area contributed by atoms with Crippen LogP contribution in [0.25, 0.3) is 10.9 Å². The van der Waals surface area contributed by atoms with Gasteiger partial charge in [-0.1, -0.05) is 80.6 Å². The normalized spacial score (nSPS) is 11.5. The first kappa shape index (κ1) is 15.7. The second kappa shape index (κ2) is 6.60. The maximum atomic E-state index is 2.39. The summed E-state index contributed by atoms with van der Waals surface area (Å²) >= 11 is 0. The zero-order valence-corrected chi connectivity index (χ0v) is 14.8. The molecule has 0 aliphatic rings. The van der Waals surface area contributed by atoms with E-state index < -0.39 is 0 Å². The standard InChI is InChI=1S/C24H23N/c1-18(2)21-13-14-23-22(17-21)15-16-25(23)24(19-9-5-3-6-10-19)20-11-7-4-8-12-20/h3-18,24H,1-2H3. The summed E-state index contributed by atoms with van der Waals surface area (Å²) in [5, 5.41) is 1.31. The number of aromatic nitrogens is 1. The maximum Gasteiger partial charge on any atom is 0.0839 e. The molecule has 4 aromatic rings. The molecule has 124 valence electrons. The fourth-order valence-corrected chi connectivity index (χ4v) is 3.55. The van der Waals surface area contributed by atoms with Crippen LogP contribution in [-0.4, -0.2) is 4.57 Å². The van der Waals surface area contributed by atoms with Crippen LogP contribution in [-0.2, 0) is 0 Å². The fraction of sp³-hybridized carbons (Fsp3) is 0.167. The van der Waals surface area contributed by atoms with E-state index in [0.29, 0.717) is 5.92 Å². The lowest BCUT2D eigenvalue weighted by Gasteiger charge is -2.21. The number of nitrogens with zero attached hydrogens (tertiary/aromatic N) is 1. The first-order chi connectivity index (χ1) is 12.2. The Balaban J connectivity index is 1.90. The third kappa shape index (κ3) is 2.98. The molecule has 0 saturated carbocycles. The van der Waals surface area contributed by atoms with E-state index in [2.05, 4.69) is 110 Å². The van der Waals surface area contributed by atoms with Gasteiger partial charge >= 0.3 is 0 Å². The molecule has 1 aromatic heterocycles. The molecule has 1 heteroatoms. The highest BCUT2D eigenvalue weighted by molar-refractivity contribution is 5.81. The average Bonchev–Trinajstić information content (AvgIpc) is 3.07. The molecule has 4 rings (SSSR count). The van der Waals surface area contributed by atoms with Crippen molar-refractivity contribution in [2.24, 2.45) is 0 Å². The van der Waals surface area contributed by atoms with E-state index in [4.69, 9.17) is 0 Å². The van der Waals surface area contributed by atoms with E-state index in [9.17, 15) is 0 Å². The van der Waals surface area contributed by atoms with Crippen molar-refractivity contribution in [1.29, 1.82) is 0 Å². The van der Waals surface area contributed by atoms with Crippen molar-refractivity contribution in [2.45, 2.75) is 25.8 Å². The largest absolute Gasteiger partial charge is 0.336 e. The molecule has 0 unspecified atom stereocenters. The zero-order valence-electron chi connectivity index (χ0n) is 14.8. The third-order valence-corrected chi connectivity index (χ3v) is 4.92. The molecule has 0 atom stereocenters. The predicted molar refractivity (Wildman–Crippen MR) is 106 cm³/mol. The molecule has 0 fully saturated rings. The number of hydrogen-bond donors (Lipinski definition) is 0. The minimum Gasteiger partial charge on any atom is -0.336 e. The van der Waals surface area contributed by atoms with Gasteiger partial charge in [-0.25, -0.2) is 0 Å². The molecule has 0 spiro atoms. The summed E-state index contributed by atoms with van der Waals surface area (Å²) in [7, 11) is 0. The Labute approximate surface area is 149 Å². The summed E-state index contributed by atoms with van der Waals surface area (Å²) in [5.74, 6) is 0.548. The second-order valence-corrected chi connectivity index (χ2v) is 6.92. The van der Waals surface area contributed by atoms with Gasteiger partial charge in [0.2, 0.25) is 0 Å². The summed E-state index contributed by atoms with van der Waals surface area (Å²) in [6.45, 7) is 4.49. The Morgan fingerprint density at radius 2 is 1.24 bits per heavy atom. The number of hydrogen-bond acceptors (Lipinski definition) is 0. The van der Waals surface area contributed by atoms with E-state index in [-0.39, 0.29) is 6.04 Å². The van der Waals surface area contributed by atoms with Gasteiger partial charge in [-0.05, 0) is 46.2 Å². The quantitative estimate of drug-likeness (QED) is 0.409. The van der Waals surface area contributed by atoms with E-state index in [1.165, 1.54) is 27.6 Å². The molecule has 0 radical (unpaired) electrons. The summed E-state index contributed by atoms with van der Waals surface area (Å²) in [6.07, 6.45) is 2.22. The van der Waals surface area contributed by atoms with Crippen molar-refractivity contribution >= 4 is 10.9 Å². The summed E-state index contributed by atoms with van der Waals surface area (Å²) < 4.78 is 2.39. The van der Waals surface area contributed by atoms with Gasteiger partial charge in [0.1, 0.15) is 0 Å². The van der Waals surface area contributed by atoms with Crippen LogP contribution in [0.3, 0.4) is 0 Å². The number of benzene rings is 3. The van der Waals surface area contributed by atoms with Crippen molar-refractivity contribution in [3.05, 3.63) is 108 Å². The molecule has 0 bridgehead atoms. The van der Waals surface area contributed by atoms with Crippen molar-refractivity contribution < 1.29 is 0 Å². The third-order valence-electron chi connectivity index (χ3n) is 4.92. The highest BCUT2D eigenvalue weighted by atomic mass is 15.0. The molecule has 1 heterocycles.